The molecule has 3 aromatic heterocycles. The van der Waals surface area contributed by atoms with E-state index < -0.39 is 0 Å². The first-order chi connectivity index (χ1) is 20.2. The Labute approximate surface area is 265 Å². The standard InChI is InChI=1S/C37H33N4O.Pt/c1-22(2)41-31-15-9-14-27(30-21-28(23-11-7-6-8-12-23)26-13-10-16-32(42)35(26)39-30)34(31)40-36(41)29-20-25(37(3,4)5)19-24-17-18-38-33(24)29;/h6-22H,1-5H3,(H-,38,39,40,42);/q-1;. The molecule has 0 bridgehead atoms. The van der Waals surface area contributed by atoms with Gasteiger partial charge in [-0.05, 0) is 65.6 Å². The van der Waals surface area contributed by atoms with E-state index in [2.05, 4.69) is 93.8 Å². The Hall–Kier alpha value is -4.21. The molecular weight excluding hydrogens is 712 g/mol. The molecule has 0 radical (unpaired) electrons. The molecule has 0 spiro atoms. The van der Waals surface area contributed by atoms with Crippen LogP contribution in [-0.4, -0.2) is 19.6 Å². The van der Waals surface area contributed by atoms with Crippen LogP contribution in [0, 0.1) is 0 Å². The second kappa shape index (κ2) is 10.8. The minimum Gasteiger partial charge on any atom is -0.663 e. The third-order valence-corrected chi connectivity index (χ3v) is 8.12. The van der Waals surface area contributed by atoms with E-state index in [4.69, 9.17) is 15.0 Å². The summed E-state index contributed by atoms with van der Waals surface area (Å²) in [5.41, 5.74) is 9.51. The predicted octanol–water partition coefficient (Wildman–Crippen LogP) is 9.28. The van der Waals surface area contributed by atoms with E-state index in [0.717, 1.165) is 61.1 Å². The number of imidazole rings is 1. The van der Waals surface area contributed by atoms with Crippen LogP contribution in [0.4, 0.5) is 0 Å². The number of nitrogens with zero attached hydrogens (tertiary/aromatic N) is 4. The zero-order valence-electron chi connectivity index (χ0n) is 24.9. The Morgan fingerprint density at radius 2 is 1.53 bits per heavy atom. The number of rotatable bonds is 4. The predicted molar refractivity (Wildman–Crippen MR) is 173 cm³/mol. The molecule has 0 amide bonds. The Morgan fingerprint density at radius 3 is 2.28 bits per heavy atom. The quantitative estimate of drug-likeness (QED) is 0.195. The molecule has 43 heavy (non-hydrogen) atoms. The van der Waals surface area contributed by atoms with Crippen molar-refractivity contribution in [3.63, 3.8) is 0 Å². The Morgan fingerprint density at radius 1 is 0.767 bits per heavy atom. The second-order valence-corrected chi connectivity index (χ2v) is 12.3. The Balaban J connectivity index is 0.00000329. The molecule has 7 aromatic rings. The first-order valence-electron chi connectivity index (χ1n) is 14.5. The molecule has 218 valence electrons. The van der Waals surface area contributed by atoms with Crippen LogP contribution < -0.4 is 4.98 Å². The van der Waals surface area contributed by atoms with Crippen LogP contribution in [0.1, 0.15) is 46.2 Å². The molecular formula is C37H33N4OPt-. The molecule has 0 saturated heterocycles. The van der Waals surface area contributed by atoms with E-state index in [-0.39, 0.29) is 38.3 Å². The summed E-state index contributed by atoms with van der Waals surface area (Å²) in [6.45, 7) is 11.1. The number of phenols is 1. The van der Waals surface area contributed by atoms with Gasteiger partial charge in [0.05, 0.1) is 16.7 Å². The molecule has 0 aliphatic carbocycles. The van der Waals surface area contributed by atoms with Crippen molar-refractivity contribution in [2.45, 2.75) is 46.1 Å². The molecule has 4 aromatic carbocycles. The summed E-state index contributed by atoms with van der Waals surface area (Å²) in [4.78, 5) is 15.1. The largest absolute Gasteiger partial charge is 0.663 e. The van der Waals surface area contributed by atoms with E-state index in [1.54, 1.807) is 6.07 Å². The number of fused-ring (bicyclic) bond motifs is 3. The van der Waals surface area contributed by atoms with Gasteiger partial charge in [-0.3, -0.25) is 0 Å². The first-order valence-corrected chi connectivity index (χ1v) is 14.5. The van der Waals surface area contributed by atoms with Gasteiger partial charge in [-0.15, -0.1) is 5.52 Å². The van der Waals surface area contributed by atoms with Crippen molar-refractivity contribution in [2.75, 3.05) is 0 Å². The smallest absolute Gasteiger partial charge is 0.141 e. The summed E-state index contributed by atoms with van der Waals surface area (Å²) in [6, 6.07) is 31.0. The molecule has 0 unspecified atom stereocenters. The van der Waals surface area contributed by atoms with Crippen LogP contribution in [0.15, 0.2) is 97.2 Å². The van der Waals surface area contributed by atoms with Crippen LogP contribution in [0.25, 0.3) is 66.6 Å². The van der Waals surface area contributed by atoms with Crippen LogP contribution in [0.2, 0.25) is 0 Å². The van der Waals surface area contributed by atoms with Crippen molar-refractivity contribution < 1.29 is 26.2 Å². The molecule has 5 nitrogen and oxygen atoms in total. The number of aromatic hydroxyl groups is 1. The number of hydrogen-bond donors (Lipinski definition) is 1. The average Bonchev–Trinajstić information content (AvgIpc) is 3.61. The molecule has 0 aliphatic rings. The summed E-state index contributed by atoms with van der Waals surface area (Å²) < 4.78 is 2.31. The fourth-order valence-electron chi connectivity index (χ4n) is 5.99. The molecule has 0 aliphatic heterocycles. The number of pyridine rings is 1. The summed E-state index contributed by atoms with van der Waals surface area (Å²) >= 11 is 0. The molecule has 1 N–H and O–H groups in total. The average molecular weight is 745 g/mol. The molecule has 6 heteroatoms. The van der Waals surface area contributed by atoms with Crippen molar-refractivity contribution in [3.8, 4) is 39.5 Å². The molecule has 7 rings (SSSR count). The Kier molecular flexibility index (Phi) is 7.26. The first kappa shape index (κ1) is 28.9. The summed E-state index contributed by atoms with van der Waals surface area (Å²) in [6.07, 6.45) is 1.88. The van der Waals surface area contributed by atoms with Gasteiger partial charge < -0.3 is 14.7 Å². The van der Waals surface area contributed by atoms with Gasteiger partial charge in [0.1, 0.15) is 17.1 Å². The van der Waals surface area contributed by atoms with Crippen LogP contribution in [0.5, 0.6) is 5.75 Å². The molecule has 3 heterocycles. The second-order valence-electron chi connectivity index (χ2n) is 12.3. The van der Waals surface area contributed by atoms with Gasteiger partial charge in [0, 0.05) is 43.6 Å². The van der Waals surface area contributed by atoms with E-state index in [0.29, 0.717) is 5.52 Å². The third-order valence-electron chi connectivity index (χ3n) is 8.12. The van der Waals surface area contributed by atoms with Gasteiger partial charge >= 0.3 is 0 Å². The minimum atomic E-state index is -0.0229. The van der Waals surface area contributed by atoms with Crippen LogP contribution in [-0.2, 0) is 26.5 Å². The number of benzene rings is 4. The maximum atomic E-state index is 10.9. The molecule has 0 saturated carbocycles. The van der Waals surface area contributed by atoms with Crippen molar-refractivity contribution in [1.82, 2.24) is 19.5 Å². The number of para-hydroxylation sites is 2. The molecule has 0 atom stereocenters. The summed E-state index contributed by atoms with van der Waals surface area (Å²) in [7, 11) is 0. The normalized spacial score (nSPS) is 12.0. The van der Waals surface area contributed by atoms with Crippen molar-refractivity contribution in [1.29, 1.82) is 0 Å². The number of hydrogen-bond acceptors (Lipinski definition) is 3. The van der Waals surface area contributed by atoms with Gasteiger partial charge in [0.2, 0.25) is 0 Å². The van der Waals surface area contributed by atoms with Crippen molar-refractivity contribution >= 4 is 32.8 Å². The molecule has 0 fully saturated rings. The van der Waals surface area contributed by atoms with Crippen LogP contribution >= 0.6 is 0 Å². The van der Waals surface area contributed by atoms with E-state index >= 15 is 0 Å². The SMILES string of the molecule is CC(C)n1c(-c2cc(C(C)(C)C)cc3cc[n-]c23)nc2c(-c3cc(-c4ccccc4)c4cccc(O)c4n3)cccc21.[Pt]. The van der Waals surface area contributed by atoms with Gasteiger partial charge in [-0.1, -0.05) is 87.5 Å². The van der Waals surface area contributed by atoms with Gasteiger partial charge in [-0.2, -0.15) is 6.20 Å². The minimum absolute atomic E-state index is 0. The van der Waals surface area contributed by atoms with Gasteiger partial charge in [0.25, 0.3) is 0 Å². The van der Waals surface area contributed by atoms with E-state index in [1.807, 2.05) is 36.5 Å². The van der Waals surface area contributed by atoms with E-state index in [1.165, 1.54) is 5.56 Å². The van der Waals surface area contributed by atoms with E-state index in [9.17, 15) is 5.11 Å². The van der Waals surface area contributed by atoms with Gasteiger partial charge in [0.15, 0.2) is 0 Å². The summed E-state index contributed by atoms with van der Waals surface area (Å²) in [5, 5.41) is 12.9. The number of phenolic OH excluding ortho intramolecular Hbond substituents is 1. The zero-order valence-corrected chi connectivity index (χ0v) is 27.1. The monoisotopic (exact) mass is 744 g/mol. The van der Waals surface area contributed by atoms with Crippen molar-refractivity contribution in [2.24, 2.45) is 0 Å². The number of aromatic nitrogens is 4. The fraction of sp³-hybridized carbons (Fsp3) is 0.189. The topological polar surface area (TPSA) is 65.0 Å². The maximum absolute atomic E-state index is 10.9. The van der Waals surface area contributed by atoms with Crippen molar-refractivity contribution in [3.05, 3.63) is 103 Å². The fourth-order valence-corrected chi connectivity index (χ4v) is 5.99. The van der Waals surface area contributed by atoms with Crippen LogP contribution in [0.3, 0.4) is 0 Å². The third kappa shape index (κ3) is 4.86. The summed E-state index contributed by atoms with van der Waals surface area (Å²) in [5.74, 6) is 1.06. The Bertz CT molecular complexity index is 2120. The van der Waals surface area contributed by atoms with Gasteiger partial charge in [-0.25, -0.2) is 9.97 Å². The maximum Gasteiger partial charge on any atom is 0.141 e. The zero-order chi connectivity index (χ0) is 29.2.